The minimum atomic E-state index is -0.388. The van der Waals surface area contributed by atoms with Crippen molar-refractivity contribution < 1.29 is 19.4 Å². The number of benzene rings is 2. The molecule has 4 nitrogen and oxygen atoms in total. The Kier molecular flexibility index (Phi) is 4.48. The second kappa shape index (κ2) is 6.31. The molecule has 0 bridgehead atoms. The van der Waals surface area contributed by atoms with Gasteiger partial charge in [-0.05, 0) is 66.9 Å². The number of aryl methyl sites for hydroxylation is 2. The number of methoxy groups -OCH3 is 1. The Balaban J connectivity index is 2.03. The average molecular weight is 286 g/mol. The number of hydrogen-bond acceptors (Lipinski definition) is 4. The highest BCUT2D eigenvalue weighted by Crippen LogP contribution is 2.23. The summed E-state index contributed by atoms with van der Waals surface area (Å²) < 4.78 is 10.3. The van der Waals surface area contributed by atoms with Gasteiger partial charge in [-0.25, -0.2) is 4.79 Å². The fourth-order valence-corrected chi connectivity index (χ4v) is 2.09. The predicted molar refractivity (Wildman–Crippen MR) is 79.7 cm³/mol. The molecule has 0 amide bonds. The summed E-state index contributed by atoms with van der Waals surface area (Å²) in [4.78, 5) is 11.9. The van der Waals surface area contributed by atoms with Gasteiger partial charge in [-0.15, -0.1) is 0 Å². The molecule has 1 N–H and O–H groups in total. The molecule has 0 fully saturated rings. The van der Waals surface area contributed by atoms with Crippen LogP contribution in [0.1, 0.15) is 27.0 Å². The maximum absolute atomic E-state index is 11.9. The van der Waals surface area contributed by atoms with Crippen molar-refractivity contribution in [2.75, 3.05) is 7.11 Å². The van der Waals surface area contributed by atoms with Crippen molar-refractivity contribution in [3.63, 3.8) is 0 Å². The SMILES string of the molecule is COc1ccc(C(=O)OCc2cc(C)c(O)c(C)c2)cc1. The van der Waals surface area contributed by atoms with Gasteiger partial charge in [0.2, 0.25) is 0 Å². The summed E-state index contributed by atoms with van der Waals surface area (Å²) in [5, 5.41) is 9.72. The number of carbonyl (C=O) groups excluding carboxylic acids is 1. The molecular weight excluding hydrogens is 268 g/mol. The number of aromatic hydroxyl groups is 1. The number of phenols is 1. The lowest BCUT2D eigenvalue weighted by atomic mass is 10.1. The van der Waals surface area contributed by atoms with Crippen molar-refractivity contribution in [3.8, 4) is 11.5 Å². The smallest absolute Gasteiger partial charge is 0.338 e. The summed E-state index contributed by atoms with van der Waals surface area (Å²) in [7, 11) is 1.57. The quantitative estimate of drug-likeness (QED) is 0.875. The number of carbonyl (C=O) groups is 1. The van der Waals surface area contributed by atoms with Gasteiger partial charge in [0.25, 0.3) is 0 Å². The molecule has 110 valence electrons. The summed E-state index contributed by atoms with van der Waals surface area (Å²) in [6, 6.07) is 10.4. The molecule has 0 aliphatic rings. The lowest BCUT2D eigenvalue weighted by Crippen LogP contribution is -2.05. The summed E-state index contributed by atoms with van der Waals surface area (Å²) in [5.74, 6) is 0.581. The summed E-state index contributed by atoms with van der Waals surface area (Å²) >= 11 is 0. The van der Waals surface area contributed by atoms with Crippen LogP contribution in [0.25, 0.3) is 0 Å². The zero-order valence-electron chi connectivity index (χ0n) is 12.3. The number of rotatable bonds is 4. The molecule has 0 unspecified atom stereocenters. The topological polar surface area (TPSA) is 55.8 Å². The van der Waals surface area contributed by atoms with E-state index in [0.717, 1.165) is 16.7 Å². The van der Waals surface area contributed by atoms with Gasteiger partial charge in [0.1, 0.15) is 18.1 Å². The highest BCUT2D eigenvalue weighted by atomic mass is 16.5. The maximum Gasteiger partial charge on any atom is 0.338 e. The zero-order chi connectivity index (χ0) is 15.4. The normalized spacial score (nSPS) is 10.2. The fraction of sp³-hybridized carbons (Fsp3) is 0.235. The minimum Gasteiger partial charge on any atom is -0.507 e. The molecule has 4 heteroatoms. The summed E-state index contributed by atoms with van der Waals surface area (Å²) in [5.41, 5.74) is 2.86. The first-order valence-electron chi connectivity index (χ1n) is 6.61. The highest BCUT2D eigenvalue weighted by Gasteiger charge is 2.09. The van der Waals surface area contributed by atoms with E-state index in [-0.39, 0.29) is 18.3 Å². The van der Waals surface area contributed by atoms with Crippen LogP contribution in [-0.4, -0.2) is 18.2 Å². The minimum absolute atomic E-state index is 0.173. The molecule has 0 heterocycles. The monoisotopic (exact) mass is 286 g/mol. The molecule has 0 atom stereocenters. The summed E-state index contributed by atoms with van der Waals surface area (Å²) in [6.45, 7) is 3.81. The third-order valence-corrected chi connectivity index (χ3v) is 3.25. The molecule has 0 saturated carbocycles. The number of phenolic OH excluding ortho intramolecular Hbond substituents is 1. The summed E-state index contributed by atoms with van der Waals surface area (Å²) in [6.07, 6.45) is 0. The van der Waals surface area contributed by atoms with Gasteiger partial charge in [-0.1, -0.05) is 0 Å². The first kappa shape index (κ1) is 14.9. The molecule has 2 aromatic carbocycles. The van der Waals surface area contributed by atoms with Crippen molar-refractivity contribution in [1.29, 1.82) is 0 Å². The number of ether oxygens (including phenoxy) is 2. The van der Waals surface area contributed by atoms with Crippen molar-refractivity contribution in [2.24, 2.45) is 0 Å². The van der Waals surface area contributed by atoms with E-state index in [0.29, 0.717) is 11.3 Å². The van der Waals surface area contributed by atoms with E-state index < -0.39 is 0 Å². The molecule has 0 aromatic heterocycles. The molecule has 0 radical (unpaired) electrons. The molecule has 2 aromatic rings. The van der Waals surface area contributed by atoms with Crippen molar-refractivity contribution in [2.45, 2.75) is 20.5 Å². The third kappa shape index (κ3) is 3.54. The van der Waals surface area contributed by atoms with Gasteiger partial charge in [0, 0.05) is 0 Å². The Labute approximate surface area is 123 Å². The largest absolute Gasteiger partial charge is 0.507 e. The second-order valence-electron chi connectivity index (χ2n) is 4.88. The molecular formula is C17H18O4. The van der Waals surface area contributed by atoms with E-state index in [4.69, 9.17) is 9.47 Å². The highest BCUT2D eigenvalue weighted by molar-refractivity contribution is 5.89. The first-order valence-corrected chi connectivity index (χ1v) is 6.61. The Morgan fingerprint density at radius 1 is 1.10 bits per heavy atom. The van der Waals surface area contributed by atoms with Gasteiger partial charge < -0.3 is 14.6 Å². The van der Waals surface area contributed by atoms with Crippen LogP contribution in [0.3, 0.4) is 0 Å². The third-order valence-electron chi connectivity index (χ3n) is 3.25. The average Bonchev–Trinajstić information content (AvgIpc) is 2.50. The van der Waals surface area contributed by atoms with E-state index in [1.807, 2.05) is 26.0 Å². The standard InChI is InChI=1S/C17H18O4/c1-11-8-13(9-12(2)16(11)18)10-21-17(19)14-4-6-15(20-3)7-5-14/h4-9,18H,10H2,1-3H3. The van der Waals surface area contributed by atoms with E-state index in [1.165, 1.54) is 0 Å². The van der Waals surface area contributed by atoms with Gasteiger partial charge in [0.15, 0.2) is 0 Å². The molecule has 0 aliphatic heterocycles. The Morgan fingerprint density at radius 2 is 1.67 bits per heavy atom. The Bertz CT molecular complexity index is 621. The predicted octanol–water partition coefficient (Wildman–Crippen LogP) is 3.37. The van der Waals surface area contributed by atoms with Gasteiger partial charge in [-0.2, -0.15) is 0 Å². The van der Waals surface area contributed by atoms with Crippen LogP contribution in [0.2, 0.25) is 0 Å². The Hall–Kier alpha value is -2.49. The second-order valence-corrected chi connectivity index (χ2v) is 4.88. The van der Waals surface area contributed by atoms with Gasteiger partial charge in [-0.3, -0.25) is 0 Å². The zero-order valence-corrected chi connectivity index (χ0v) is 12.3. The van der Waals surface area contributed by atoms with Crippen LogP contribution in [0.5, 0.6) is 11.5 Å². The number of hydrogen-bond donors (Lipinski definition) is 1. The first-order chi connectivity index (χ1) is 10.0. The van der Waals surface area contributed by atoms with Crippen LogP contribution in [0.15, 0.2) is 36.4 Å². The van der Waals surface area contributed by atoms with Crippen LogP contribution >= 0.6 is 0 Å². The van der Waals surface area contributed by atoms with Gasteiger partial charge >= 0.3 is 5.97 Å². The Morgan fingerprint density at radius 3 is 2.19 bits per heavy atom. The molecule has 2 rings (SSSR count). The van der Waals surface area contributed by atoms with Crippen molar-refractivity contribution >= 4 is 5.97 Å². The van der Waals surface area contributed by atoms with E-state index >= 15 is 0 Å². The molecule has 0 saturated heterocycles. The van der Waals surface area contributed by atoms with E-state index in [2.05, 4.69) is 0 Å². The lowest BCUT2D eigenvalue weighted by Gasteiger charge is -2.09. The van der Waals surface area contributed by atoms with Crippen LogP contribution in [0, 0.1) is 13.8 Å². The maximum atomic E-state index is 11.9. The van der Waals surface area contributed by atoms with E-state index in [9.17, 15) is 9.90 Å². The van der Waals surface area contributed by atoms with Gasteiger partial charge in [0.05, 0.1) is 12.7 Å². The molecule has 21 heavy (non-hydrogen) atoms. The molecule has 0 aliphatic carbocycles. The van der Waals surface area contributed by atoms with Crippen LogP contribution in [-0.2, 0) is 11.3 Å². The van der Waals surface area contributed by atoms with Crippen molar-refractivity contribution in [1.82, 2.24) is 0 Å². The van der Waals surface area contributed by atoms with Crippen LogP contribution in [0.4, 0.5) is 0 Å². The van der Waals surface area contributed by atoms with Crippen LogP contribution < -0.4 is 4.74 Å². The van der Waals surface area contributed by atoms with Crippen molar-refractivity contribution in [3.05, 3.63) is 58.7 Å². The van der Waals surface area contributed by atoms with E-state index in [1.54, 1.807) is 31.4 Å². The fourth-order valence-electron chi connectivity index (χ4n) is 2.09. The lowest BCUT2D eigenvalue weighted by molar-refractivity contribution is 0.0472. The number of esters is 1. The molecule has 0 spiro atoms.